The lowest BCUT2D eigenvalue weighted by atomic mass is 10.4. The van der Waals surface area contributed by atoms with E-state index in [1.54, 1.807) is 0 Å². The van der Waals surface area contributed by atoms with Crippen molar-refractivity contribution in [3.05, 3.63) is 52.4 Å². The lowest BCUT2D eigenvalue weighted by Gasteiger charge is -2.28. The number of hydrogen-bond donors (Lipinski definition) is 1. The van der Waals surface area contributed by atoms with Gasteiger partial charge in [-0.15, -0.1) is 0 Å². The van der Waals surface area contributed by atoms with Crippen LogP contribution in [0.1, 0.15) is 34.2 Å². The van der Waals surface area contributed by atoms with Gasteiger partial charge in [-0.25, -0.2) is 0 Å². The number of aryl methyl sites for hydroxylation is 6. The Kier molecular flexibility index (Phi) is 7.64. The highest BCUT2D eigenvalue weighted by Gasteiger charge is 2.15. The minimum Gasteiger partial charge on any atom is -0.395 e. The van der Waals surface area contributed by atoms with Gasteiger partial charge < -0.3 is 5.11 Å². The van der Waals surface area contributed by atoms with Crippen molar-refractivity contribution < 1.29 is 5.11 Å². The lowest BCUT2D eigenvalue weighted by Crippen LogP contribution is -2.40. The minimum absolute atomic E-state index is 0.119. The largest absolute Gasteiger partial charge is 0.395 e. The number of aromatic nitrogens is 6. The highest BCUT2D eigenvalue weighted by atomic mass is 16.3. The van der Waals surface area contributed by atoms with Crippen LogP contribution >= 0.6 is 0 Å². The van der Waals surface area contributed by atoms with Gasteiger partial charge in [0.2, 0.25) is 0 Å². The van der Waals surface area contributed by atoms with Crippen LogP contribution in [0.25, 0.3) is 0 Å². The third kappa shape index (κ3) is 6.25. The first kappa shape index (κ1) is 23.2. The average Bonchev–Trinajstić information content (AvgIpc) is 3.29. The molecule has 170 valence electrons. The molecule has 3 aromatic heterocycles. The molecule has 3 rings (SSSR count). The maximum atomic E-state index is 9.59. The standard InChI is InChI=1S/C22H36N8O/c1-17-11-20(4)28(23-17)14-26(9-10-31)7-8-27(15-29-21(5)12-18(2)24-29)16-30-22(6)13-19(3)25-30/h11-13,31H,7-10,14-16H2,1-6H3. The van der Waals surface area contributed by atoms with Gasteiger partial charge >= 0.3 is 0 Å². The Morgan fingerprint density at radius 2 is 0.968 bits per heavy atom. The maximum absolute atomic E-state index is 9.59. The number of aliphatic hydroxyl groups is 1. The summed E-state index contributed by atoms with van der Waals surface area (Å²) < 4.78 is 6.08. The molecule has 1 N–H and O–H groups in total. The monoisotopic (exact) mass is 428 g/mol. The Morgan fingerprint density at radius 3 is 1.29 bits per heavy atom. The Labute approximate surface area is 184 Å². The molecule has 0 aliphatic heterocycles. The second-order valence-corrected chi connectivity index (χ2v) is 8.44. The molecule has 0 bridgehead atoms. The van der Waals surface area contributed by atoms with E-state index in [1.165, 1.54) is 0 Å². The summed E-state index contributed by atoms with van der Waals surface area (Å²) in [5.74, 6) is 0. The summed E-state index contributed by atoms with van der Waals surface area (Å²) >= 11 is 0. The van der Waals surface area contributed by atoms with E-state index < -0.39 is 0 Å². The quantitative estimate of drug-likeness (QED) is 0.503. The van der Waals surface area contributed by atoms with Gasteiger partial charge in [-0.05, 0) is 59.7 Å². The van der Waals surface area contributed by atoms with Gasteiger partial charge in [-0.2, -0.15) is 15.3 Å². The average molecular weight is 429 g/mol. The fourth-order valence-electron chi connectivity index (χ4n) is 3.89. The van der Waals surface area contributed by atoms with Crippen LogP contribution in [-0.4, -0.2) is 70.5 Å². The van der Waals surface area contributed by atoms with Crippen LogP contribution in [-0.2, 0) is 20.0 Å². The topological polar surface area (TPSA) is 80.2 Å². The van der Waals surface area contributed by atoms with Crippen LogP contribution < -0.4 is 0 Å². The molecular formula is C22H36N8O. The van der Waals surface area contributed by atoms with E-state index in [-0.39, 0.29) is 6.61 Å². The van der Waals surface area contributed by atoms with Crippen molar-refractivity contribution in [1.29, 1.82) is 0 Å². The third-order valence-corrected chi connectivity index (χ3v) is 5.46. The molecule has 0 fully saturated rings. The summed E-state index contributed by atoms with van der Waals surface area (Å²) in [5, 5.41) is 23.4. The van der Waals surface area contributed by atoms with E-state index in [1.807, 2.05) is 34.8 Å². The third-order valence-electron chi connectivity index (χ3n) is 5.46. The Hall–Kier alpha value is -2.49. The molecule has 0 aliphatic carbocycles. The van der Waals surface area contributed by atoms with Gasteiger partial charge in [0.15, 0.2) is 0 Å². The molecule has 0 amide bonds. The first-order valence-corrected chi connectivity index (χ1v) is 10.8. The first-order chi connectivity index (χ1) is 14.7. The Balaban J connectivity index is 1.72. The van der Waals surface area contributed by atoms with E-state index in [4.69, 9.17) is 0 Å². The van der Waals surface area contributed by atoms with Crippen molar-refractivity contribution in [2.45, 2.75) is 61.5 Å². The lowest BCUT2D eigenvalue weighted by molar-refractivity contribution is 0.100. The second-order valence-electron chi connectivity index (χ2n) is 8.44. The molecule has 0 radical (unpaired) electrons. The molecule has 9 heteroatoms. The molecule has 0 saturated carbocycles. The zero-order valence-corrected chi connectivity index (χ0v) is 19.7. The van der Waals surface area contributed by atoms with Crippen LogP contribution in [0, 0.1) is 41.5 Å². The smallest absolute Gasteiger partial charge is 0.0946 e. The van der Waals surface area contributed by atoms with E-state index in [9.17, 15) is 5.11 Å². The Morgan fingerprint density at radius 1 is 0.613 bits per heavy atom. The number of nitrogens with zero attached hydrogens (tertiary/aromatic N) is 8. The van der Waals surface area contributed by atoms with Gasteiger partial charge in [-0.3, -0.25) is 23.8 Å². The fraction of sp³-hybridized carbons (Fsp3) is 0.591. The molecule has 0 unspecified atom stereocenters. The molecule has 3 aromatic rings. The number of hydrogen-bond acceptors (Lipinski definition) is 6. The molecule has 3 heterocycles. The second kappa shape index (κ2) is 10.2. The van der Waals surface area contributed by atoms with Gasteiger partial charge in [0.25, 0.3) is 0 Å². The predicted octanol–water partition coefficient (Wildman–Crippen LogP) is 2.00. The van der Waals surface area contributed by atoms with Crippen molar-refractivity contribution in [2.24, 2.45) is 0 Å². The van der Waals surface area contributed by atoms with Crippen LogP contribution in [0.15, 0.2) is 18.2 Å². The van der Waals surface area contributed by atoms with Crippen LogP contribution in [0.3, 0.4) is 0 Å². The summed E-state index contributed by atoms with van der Waals surface area (Å²) in [6.45, 7) is 16.7. The molecule has 0 aliphatic rings. The summed E-state index contributed by atoms with van der Waals surface area (Å²) in [4.78, 5) is 4.57. The zero-order chi connectivity index (χ0) is 22.5. The van der Waals surface area contributed by atoms with Crippen molar-refractivity contribution in [2.75, 3.05) is 26.2 Å². The van der Waals surface area contributed by atoms with Gasteiger partial charge in [-0.1, -0.05) is 0 Å². The first-order valence-electron chi connectivity index (χ1n) is 10.8. The minimum atomic E-state index is 0.119. The predicted molar refractivity (Wildman–Crippen MR) is 120 cm³/mol. The molecule has 9 nitrogen and oxygen atoms in total. The maximum Gasteiger partial charge on any atom is 0.0946 e. The van der Waals surface area contributed by atoms with E-state index in [2.05, 4.69) is 64.1 Å². The van der Waals surface area contributed by atoms with Gasteiger partial charge in [0.1, 0.15) is 0 Å². The molecule has 0 atom stereocenters. The molecule has 0 spiro atoms. The SMILES string of the molecule is Cc1cc(C)n(CN(CCO)CCN(Cn2nc(C)cc2C)Cn2nc(C)cc2C)n1. The molecule has 0 saturated heterocycles. The summed E-state index contributed by atoms with van der Waals surface area (Å²) in [5.41, 5.74) is 6.47. The molecular weight excluding hydrogens is 392 g/mol. The van der Waals surface area contributed by atoms with Crippen molar-refractivity contribution >= 4 is 0 Å². The normalized spacial score (nSPS) is 11.9. The van der Waals surface area contributed by atoms with Crippen molar-refractivity contribution in [1.82, 2.24) is 39.1 Å². The van der Waals surface area contributed by atoms with E-state index >= 15 is 0 Å². The summed E-state index contributed by atoms with van der Waals surface area (Å²) in [7, 11) is 0. The summed E-state index contributed by atoms with van der Waals surface area (Å²) in [6, 6.07) is 6.28. The van der Waals surface area contributed by atoms with Crippen LogP contribution in [0.2, 0.25) is 0 Å². The van der Waals surface area contributed by atoms with Gasteiger partial charge in [0.05, 0.1) is 43.7 Å². The van der Waals surface area contributed by atoms with Crippen molar-refractivity contribution in [3.63, 3.8) is 0 Å². The van der Waals surface area contributed by atoms with Crippen LogP contribution in [0.5, 0.6) is 0 Å². The molecule has 31 heavy (non-hydrogen) atoms. The van der Waals surface area contributed by atoms with Crippen LogP contribution in [0.4, 0.5) is 0 Å². The highest BCUT2D eigenvalue weighted by molar-refractivity contribution is 5.08. The van der Waals surface area contributed by atoms with E-state index in [0.717, 1.165) is 47.3 Å². The molecule has 0 aromatic carbocycles. The van der Waals surface area contributed by atoms with Crippen molar-refractivity contribution in [3.8, 4) is 0 Å². The Bertz CT molecular complexity index is 938. The summed E-state index contributed by atoms with van der Waals surface area (Å²) in [6.07, 6.45) is 0. The number of rotatable bonds is 11. The van der Waals surface area contributed by atoms with E-state index in [0.29, 0.717) is 26.6 Å². The number of aliphatic hydroxyl groups excluding tert-OH is 1. The van der Waals surface area contributed by atoms with Gasteiger partial charge in [0, 0.05) is 36.7 Å². The highest BCUT2D eigenvalue weighted by Crippen LogP contribution is 2.09. The fourth-order valence-corrected chi connectivity index (χ4v) is 3.89. The zero-order valence-electron chi connectivity index (χ0n) is 19.7.